The average Bonchev–Trinajstić information content (AvgIpc) is 2.60. The van der Waals surface area contributed by atoms with Crippen molar-refractivity contribution in [1.82, 2.24) is 0 Å². The molecule has 1 aliphatic rings. The topological polar surface area (TPSA) is 35.2 Å². The minimum atomic E-state index is -4.91. The van der Waals surface area contributed by atoms with Crippen LogP contribution in [-0.2, 0) is 18.8 Å². The van der Waals surface area contributed by atoms with Crippen molar-refractivity contribution >= 4 is 0 Å². The summed E-state index contributed by atoms with van der Waals surface area (Å²) in [4.78, 5) is 0. The van der Waals surface area contributed by atoms with Gasteiger partial charge in [0.15, 0.2) is 0 Å². The molecule has 1 aliphatic heterocycles. The predicted octanol–water partition coefficient (Wildman–Crippen LogP) is 5.60. The summed E-state index contributed by atoms with van der Waals surface area (Å²) in [5.41, 5.74) is 3.23. The lowest BCUT2D eigenvalue weighted by Crippen LogP contribution is -2.14. The second-order valence-corrected chi connectivity index (χ2v) is 6.01. The summed E-state index contributed by atoms with van der Waals surface area (Å²) in [6, 6.07) is 5.05. The first-order valence-electron chi connectivity index (χ1n) is 8.20. The molecular formula is C19H19F6NO. The molecule has 2 aromatic carbocycles. The number of benzene rings is 2. The summed E-state index contributed by atoms with van der Waals surface area (Å²) in [7, 11) is 1.50. The van der Waals surface area contributed by atoms with Gasteiger partial charge in [-0.3, -0.25) is 0 Å². The Kier molecular flexibility index (Phi) is 6.09. The average molecular weight is 391 g/mol. The predicted molar refractivity (Wildman–Crippen MR) is 90.5 cm³/mol. The van der Waals surface area contributed by atoms with Crippen molar-refractivity contribution in [3.8, 4) is 16.9 Å². The Morgan fingerprint density at radius 2 is 1.56 bits per heavy atom. The Morgan fingerprint density at radius 1 is 0.889 bits per heavy atom. The molecule has 27 heavy (non-hydrogen) atoms. The zero-order chi connectivity index (χ0) is 20.4. The van der Waals surface area contributed by atoms with Gasteiger partial charge in [-0.2, -0.15) is 26.3 Å². The summed E-state index contributed by atoms with van der Waals surface area (Å²) in [5.74, 6) is 0.321. The van der Waals surface area contributed by atoms with E-state index in [1.54, 1.807) is 6.92 Å². The molecule has 0 saturated heterocycles. The Labute approximate surface area is 152 Å². The molecule has 0 radical (unpaired) electrons. The van der Waals surface area contributed by atoms with E-state index < -0.39 is 23.5 Å². The number of fused-ring (bicyclic) bond motifs is 1. The van der Waals surface area contributed by atoms with Crippen LogP contribution >= 0.6 is 0 Å². The van der Waals surface area contributed by atoms with Crippen molar-refractivity contribution < 1.29 is 31.1 Å². The van der Waals surface area contributed by atoms with Crippen molar-refractivity contribution in [3.63, 3.8) is 0 Å². The number of nitrogens with two attached hydrogens (primary N) is 1. The van der Waals surface area contributed by atoms with Gasteiger partial charge in [-0.15, -0.1) is 0 Å². The van der Waals surface area contributed by atoms with E-state index in [1.807, 2.05) is 6.07 Å². The maximum absolute atomic E-state index is 13.4. The monoisotopic (exact) mass is 391 g/mol. The summed E-state index contributed by atoms with van der Waals surface area (Å²) in [6.07, 6.45) is -8.36. The zero-order valence-corrected chi connectivity index (χ0v) is 14.8. The number of hydrogen-bond donors (Lipinski definition) is 1. The van der Waals surface area contributed by atoms with E-state index in [-0.39, 0.29) is 17.2 Å². The zero-order valence-electron chi connectivity index (χ0n) is 14.8. The normalized spacial score (nSPS) is 14.0. The minimum absolute atomic E-state index is 0.160. The number of hydrogen-bond acceptors (Lipinski definition) is 2. The Hall–Kier alpha value is -2.22. The van der Waals surface area contributed by atoms with E-state index in [2.05, 4.69) is 5.73 Å². The molecule has 8 heteroatoms. The molecule has 0 spiro atoms. The van der Waals surface area contributed by atoms with Crippen LogP contribution in [0.3, 0.4) is 0 Å². The van der Waals surface area contributed by atoms with Crippen LogP contribution < -0.4 is 10.5 Å². The molecule has 0 unspecified atom stereocenters. The van der Waals surface area contributed by atoms with E-state index >= 15 is 0 Å². The van der Waals surface area contributed by atoms with Gasteiger partial charge in [-0.1, -0.05) is 12.1 Å². The molecule has 0 bridgehead atoms. The van der Waals surface area contributed by atoms with Crippen molar-refractivity contribution in [1.29, 1.82) is 0 Å². The highest BCUT2D eigenvalue weighted by atomic mass is 19.4. The number of aryl methyl sites for hydroxylation is 2. The van der Waals surface area contributed by atoms with Crippen LogP contribution in [0.2, 0.25) is 0 Å². The summed E-state index contributed by atoms with van der Waals surface area (Å²) >= 11 is 0. The molecular weight excluding hydrogens is 372 g/mol. The molecule has 0 amide bonds. The Balaban J connectivity index is 0.00000126. The molecule has 2 aromatic rings. The summed E-state index contributed by atoms with van der Waals surface area (Å²) in [6.45, 7) is 2.10. The van der Waals surface area contributed by atoms with Crippen LogP contribution in [0.5, 0.6) is 5.75 Å². The van der Waals surface area contributed by atoms with Gasteiger partial charge in [-0.05, 0) is 61.7 Å². The van der Waals surface area contributed by atoms with E-state index in [0.29, 0.717) is 24.8 Å². The van der Waals surface area contributed by atoms with E-state index in [4.69, 9.17) is 4.74 Å². The Morgan fingerprint density at radius 3 is 2.15 bits per heavy atom. The maximum atomic E-state index is 13.4. The van der Waals surface area contributed by atoms with E-state index in [0.717, 1.165) is 23.6 Å². The second kappa shape index (κ2) is 7.80. The summed E-state index contributed by atoms with van der Waals surface area (Å²) < 4.78 is 84.3. The van der Waals surface area contributed by atoms with Gasteiger partial charge in [0.2, 0.25) is 0 Å². The Bertz CT molecular complexity index is 811. The third-order valence-electron chi connectivity index (χ3n) is 4.09. The molecule has 2 nitrogen and oxygen atoms in total. The fraction of sp³-hybridized carbons (Fsp3) is 0.368. The molecule has 0 atom stereocenters. The number of ether oxygens (including phenoxy) is 1. The lowest BCUT2D eigenvalue weighted by molar-refractivity contribution is -0.142. The number of rotatable bonds is 1. The van der Waals surface area contributed by atoms with Gasteiger partial charge >= 0.3 is 12.4 Å². The van der Waals surface area contributed by atoms with Gasteiger partial charge in [0.1, 0.15) is 5.75 Å². The standard InChI is InChI=1S/C18H14F6O.CH5N/c1-10-7-11-3-2-6-25-16(11)14(8-10)13-5-4-12(17(19,20)21)9-15(13)18(22,23)24;1-2/h4-5,7-9H,2-3,6H2,1H3;2H2,1H3. The van der Waals surface area contributed by atoms with Gasteiger partial charge in [0.25, 0.3) is 0 Å². The lowest BCUT2D eigenvalue weighted by Gasteiger charge is -2.23. The van der Waals surface area contributed by atoms with Crippen LogP contribution in [0, 0.1) is 6.92 Å². The molecule has 0 aromatic heterocycles. The number of alkyl halides is 6. The molecule has 2 N–H and O–H groups in total. The highest BCUT2D eigenvalue weighted by molar-refractivity contribution is 5.77. The maximum Gasteiger partial charge on any atom is 0.417 e. The van der Waals surface area contributed by atoms with Crippen LogP contribution in [0.4, 0.5) is 26.3 Å². The van der Waals surface area contributed by atoms with Crippen molar-refractivity contribution in [2.24, 2.45) is 5.73 Å². The lowest BCUT2D eigenvalue weighted by atomic mass is 9.91. The molecule has 148 valence electrons. The van der Waals surface area contributed by atoms with E-state index in [1.165, 1.54) is 13.1 Å². The van der Waals surface area contributed by atoms with Crippen LogP contribution in [0.15, 0.2) is 30.3 Å². The number of halogens is 6. The van der Waals surface area contributed by atoms with Gasteiger partial charge in [0.05, 0.1) is 17.7 Å². The molecule has 0 saturated carbocycles. The first kappa shape index (κ1) is 21.1. The minimum Gasteiger partial charge on any atom is -0.493 e. The van der Waals surface area contributed by atoms with Crippen LogP contribution in [0.1, 0.15) is 28.7 Å². The smallest absolute Gasteiger partial charge is 0.417 e. The second-order valence-electron chi connectivity index (χ2n) is 6.01. The fourth-order valence-electron chi connectivity index (χ4n) is 3.03. The quantitative estimate of drug-likeness (QED) is 0.643. The summed E-state index contributed by atoms with van der Waals surface area (Å²) in [5, 5.41) is 0. The molecule has 3 rings (SSSR count). The van der Waals surface area contributed by atoms with Gasteiger partial charge in [0, 0.05) is 5.56 Å². The van der Waals surface area contributed by atoms with E-state index in [9.17, 15) is 26.3 Å². The van der Waals surface area contributed by atoms with Crippen molar-refractivity contribution in [3.05, 3.63) is 52.6 Å². The van der Waals surface area contributed by atoms with Gasteiger partial charge < -0.3 is 10.5 Å². The SMILES string of the molecule is CN.Cc1cc2c(c(-c3ccc(C(F)(F)F)cc3C(F)(F)F)c1)OCCC2. The first-order valence-corrected chi connectivity index (χ1v) is 8.20. The third kappa shape index (κ3) is 4.55. The van der Waals surface area contributed by atoms with Crippen molar-refractivity contribution in [2.75, 3.05) is 13.7 Å². The highest BCUT2D eigenvalue weighted by Gasteiger charge is 2.39. The van der Waals surface area contributed by atoms with Crippen LogP contribution in [0.25, 0.3) is 11.1 Å². The highest BCUT2D eigenvalue weighted by Crippen LogP contribution is 2.45. The van der Waals surface area contributed by atoms with Crippen molar-refractivity contribution in [2.45, 2.75) is 32.1 Å². The van der Waals surface area contributed by atoms with Gasteiger partial charge in [-0.25, -0.2) is 0 Å². The first-order chi connectivity index (χ1) is 12.6. The molecule has 0 fully saturated rings. The third-order valence-corrected chi connectivity index (χ3v) is 4.09. The van der Waals surface area contributed by atoms with Crippen LogP contribution in [-0.4, -0.2) is 13.7 Å². The largest absolute Gasteiger partial charge is 0.493 e. The molecule has 0 aliphatic carbocycles. The molecule has 1 heterocycles. The fourth-order valence-corrected chi connectivity index (χ4v) is 3.03.